The molecule has 1 aromatic carbocycles. The van der Waals surface area contributed by atoms with E-state index in [1.165, 1.54) is 13.4 Å². The van der Waals surface area contributed by atoms with Crippen molar-refractivity contribution in [1.29, 1.82) is 0 Å². The molecular formula is C21H26N6O4. The number of rotatable bonds is 2. The number of hydrogen-bond acceptors (Lipinski definition) is 8. The molecule has 0 atom stereocenters. The molecule has 0 saturated heterocycles. The molecule has 1 aliphatic heterocycles. The molecule has 2 aromatic heterocycles. The number of fused-ring (bicyclic) bond motifs is 2. The SMILES string of the molecule is COc1cc2cc(c1OC)OCC(=O)N(C)CCN(C)Cc1c[nH]c3ncnc(c13)N2. The zero-order valence-corrected chi connectivity index (χ0v) is 18.1. The lowest BCUT2D eigenvalue weighted by atomic mass is 10.2. The summed E-state index contributed by atoms with van der Waals surface area (Å²) in [5.41, 5.74) is 2.49. The van der Waals surface area contributed by atoms with Crippen LogP contribution in [0.4, 0.5) is 11.5 Å². The third-order valence-electron chi connectivity index (χ3n) is 5.29. The molecule has 164 valence electrons. The number of aromatic nitrogens is 3. The number of likely N-dealkylation sites (N-methyl/N-ethyl adjacent to an activating group) is 2. The lowest BCUT2D eigenvalue weighted by Gasteiger charge is -2.22. The molecule has 0 saturated carbocycles. The number of aromatic amines is 1. The van der Waals surface area contributed by atoms with Crippen LogP contribution in [0.2, 0.25) is 0 Å². The summed E-state index contributed by atoms with van der Waals surface area (Å²) < 4.78 is 16.8. The first-order chi connectivity index (χ1) is 15.0. The van der Waals surface area contributed by atoms with Gasteiger partial charge in [0.2, 0.25) is 5.75 Å². The normalized spacial score (nSPS) is 15.6. The van der Waals surface area contributed by atoms with Crippen LogP contribution in [0.15, 0.2) is 24.7 Å². The number of H-pyrrole nitrogens is 1. The number of nitrogens with one attached hydrogen (secondary N) is 2. The lowest BCUT2D eigenvalue weighted by molar-refractivity contribution is -0.132. The molecule has 10 heteroatoms. The second-order valence-electron chi connectivity index (χ2n) is 7.44. The molecule has 0 fully saturated rings. The van der Waals surface area contributed by atoms with Crippen molar-refractivity contribution < 1.29 is 19.0 Å². The summed E-state index contributed by atoms with van der Waals surface area (Å²) in [6.07, 6.45) is 3.45. The van der Waals surface area contributed by atoms with E-state index in [-0.39, 0.29) is 12.5 Å². The molecule has 2 bridgehead atoms. The number of nitrogens with zero attached hydrogens (tertiary/aromatic N) is 4. The number of carbonyl (C=O) groups excluding carboxylic acids is 1. The van der Waals surface area contributed by atoms with E-state index in [2.05, 4.69) is 25.2 Å². The van der Waals surface area contributed by atoms with Gasteiger partial charge in [-0.25, -0.2) is 9.97 Å². The predicted molar refractivity (Wildman–Crippen MR) is 116 cm³/mol. The first kappa shape index (κ1) is 20.7. The minimum Gasteiger partial charge on any atom is -0.493 e. The molecule has 10 nitrogen and oxygen atoms in total. The van der Waals surface area contributed by atoms with Crippen molar-refractivity contribution in [3.05, 3.63) is 30.2 Å². The van der Waals surface area contributed by atoms with Gasteiger partial charge >= 0.3 is 0 Å². The predicted octanol–water partition coefficient (Wildman–Crippen LogP) is 2.00. The number of hydrogen-bond donors (Lipinski definition) is 2. The van der Waals surface area contributed by atoms with Crippen LogP contribution in [0.5, 0.6) is 17.2 Å². The Morgan fingerprint density at radius 1 is 1.13 bits per heavy atom. The zero-order chi connectivity index (χ0) is 22.0. The van der Waals surface area contributed by atoms with Crippen molar-refractivity contribution in [2.75, 3.05) is 53.3 Å². The maximum atomic E-state index is 12.6. The van der Waals surface area contributed by atoms with Gasteiger partial charge in [0.15, 0.2) is 18.1 Å². The lowest BCUT2D eigenvalue weighted by Crippen LogP contribution is -2.37. The van der Waals surface area contributed by atoms with Gasteiger partial charge in [0, 0.05) is 50.7 Å². The summed E-state index contributed by atoms with van der Waals surface area (Å²) in [5.74, 6) is 1.84. The monoisotopic (exact) mass is 426 g/mol. The molecule has 2 N–H and O–H groups in total. The number of methoxy groups -OCH3 is 2. The standard InChI is InChI=1S/C21H26N6O4/c1-26-5-6-27(2)17(28)11-31-16-8-14(7-15(29-3)19(16)30-4)25-21-18-13(10-26)9-22-20(18)23-12-24-21/h7-9,12H,5-6,10-11H2,1-4H3,(H2,22,23,24,25). The van der Waals surface area contributed by atoms with Crippen LogP contribution in [0, 0.1) is 0 Å². The fourth-order valence-electron chi connectivity index (χ4n) is 3.56. The maximum Gasteiger partial charge on any atom is 0.260 e. The summed E-state index contributed by atoms with van der Waals surface area (Å²) >= 11 is 0. The Hall–Kier alpha value is -3.53. The summed E-state index contributed by atoms with van der Waals surface area (Å²) in [6.45, 7) is 1.85. The zero-order valence-electron chi connectivity index (χ0n) is 18.1. The molecule has 1 amide bonds. The van der Waals surface area contributed by atoms with Crippen molar-refractivity contribution in [2.24, 2.45) is 0 Å². The van der Waals surface area contributed by atoms with Gasteiger partial charge in [-0.05, 0) is 12.6 Å². The van der Waals surface area contributed by atoms with Gasteiger partial charge in [-0.1, -0.05) is 0 Å². The van der Waals surface area contributed by atoms with E-state index < -0.39 is 0 Å². The first-order valence-corrected chi connectivity index (χ1v) is 9.89. The molecule has 0 unspecified atom stereocenters. The Morgan fingerprint density at radius 2 is 1.97 bits per heavy atom. The highest BCUT2D eigenvalue weighted by atomic mass is 16.5. The van der Waals surface area contributed by atoms with Crippen LogP contribution in [0.25, 0.3) is 11.0 Å². The summed E-state index contributed by atoms with van der Waals surface area (Å²) in [5, 5.41) is 4.25. The first-order valence-electron chi connectivity index (χ1n) is 9.89. The van der Waals surface area contributed by atoms with Crippen LogP contribution in [0.3, 0.4) is 0 Å². The van der Waals surface area contributed by atoms with E-state index in [4.69, 9.17) is 14.2 Å². The average molecular weight is 426 g/mol. The second kappa shape index (κ2) is 8.68. The summed E-state index contributed by atoms with van der Waals surface area (Å²) in [7, 11) is 6.87. The molecule has 3 aromatic rings. The Bertz CT molecular complexity index is 1100. The van der Waals surface area contributed by atoms with Gasteiger partial charge in [-0.3, -0.25) is 4.79 Å². The van der Waals surface area contributed by atoms with Crippen LogP contribution in [0.1, 0.15) is 5.56 Å². The average Bonchev–Trinajstić information content (AvgIpc) is 3.18. The largest absolute Gasteiger partial charge is 0.493 e. The van der Waals surface area contributed by atoms with Crippen LogP contribution < -0.4 is 19.5 Å². The molecule has 31 heavy (non-hydrogen) atoms. The minimum absolute atomic E-state index is 0.110. The van der Waals surface area contributed by atoms with Crippen molar-refractivity contribution in [1.82, 2.24) is 24.8 Å². The van der Waals surface area contributed by atoms with E-state index in [1.54, 1.807) is 31.2 Å². The van der Waals surface area contributed by atoms with Gasteiger partial charge in [0.1, 0.15) is 17.8 Å². The fraction of sp³-hybridized carbons (Fsp3) is 0.381. The van der Waals surface area contributed by atoms with Gasteiger partial charge in [0.25, 0.3) is 5.91 Å². The number of benzene rings is 1. The van der Waals surface area contributed by atoms with Crippen molar-refractivity contribution >= 4 is 28.4 Å². The third kappa shape index (κ3) is 4.19. The van der Waals surface area contributed by atoms with Gasteiger partial charge in [-0.15, -0.1) is 0 Å². The fourth-order valence-corrected chi connectivity index (χ4v) is 3.56. The Morgan fingerprint density at radius 3 is 2.74 bits per heavy atom. The maximum absolute atomic E-state index is 12.6. The van der Waals surface area contributed by atoms with E-state index in [0.717, 1.165) is 16.6 Å². The van der Waals surface area contributed by atoms with Gasteiger partial charge in [0.05, 0.1) is 19.6 Å². The molecule has 4 rings (SSSR count). The third-order valence-corrected chi connectivity index (χ3v) is 5.29. The van der Waals surface area contributed by atoms with Crippen LogP contribution in [-0.4, -0.2) is 78.7 Å². The van der Waals surface area contributed by atoms with Gasteiger partial charge < -0.3 is 34.3 Å². The van der Waals surface area contributed by atoms with Crippen LogP contribution in [-0.2, 0) is 11.3 Å². The van der Waals surface area contributed by atoms with E-state index >= 15 is 0 Å². The summed E-state index contributed by atoms with van der Waals surface area (Å²) in [4.78, 5) is 28.4. The highest BCUT2D eigenvalue weighted by molar-refractivity contribution is 5.92. The number of amides is 1. The number of ether oxygens (including phenoxy) is 3. The van der Waals surface area contributed by atoms with Gasteiger partial charge in [-0.2, -0.15) is 0 Å². The highest BCUT2D eigenvalue weighted by Crippen LogP contribution is 2.41. The Labute approximate surface area is 180 Å². The smallest absolute Gasteiger partial charge is 0.260 e. The Kier molecular flexibility index (Phi) is 5.81. The van der Waals surface area contributed by atoms with E-state index in [1.807, 2.05) is 13.2 Å². The van der Waals surface area contributed by atoms with E-state index in [9.17, 15) is 4.79 Å². The Balaban J connectivity index is 1.83. The number of carbonyl (C=O) groups is 1. The van der Waals surface area contributed by atoms with Crippen molar-refractivity contribution in [3.63, 3.8) is 0 Å². The molecule has 0 spiro atoms. The molecule has 0 radical (unpaired) electrons. The summed E-state index contributed by atoms with van der Waals surface area (Å²) in [6, 6.07) is 3.56. The van der Waals surface area contributed by atoms with Crippen molar-refractivity contribution in [2.45, 2.75) is 6.54 Å². The topological polar surface area (TPSA) is 105 Å². The molecule has 3 heterocycles. The molecular weight excluding hydrogens is 400 g/mol. The van der Waals surface area contributed by atoms with Crippen molar-refractivity contribution in [3.8, 4) is 17.2 Å². The molecule has 1 aliphatic rings. The highest BCUT2D eigenvalue weighted by Gasteiger charge is 2.20. The second-order valence-corrected chi connectivity index (χ2v) is 7.44. The minimum atomic E-state index is -0.124. The van der Waals surface area contributed by atoms with E-state index in [0.29, 0.717) is 48.4 Å². The number of anilines is 2. The quantitative estimate of drug-likeness (QED) is 0.641. The molecule has 0 aliphatic carbocycles. The van der Waals surface area contributed by atoms with Crippen LogP contribution >= 0.6 is 0 Å².